The molecule has 3 heteroatoms. The van der Waals surface area contributed by atoms with Crippen LogP contribution in [0.4, 0.5) is 0 Å². The maximum atomic E-state index is 8.49. The van der Waals surface area contributed by atoms with Gasteiger partial charge in [-0.1, -0.05) is 0 Å². The molecule has 0 fully saturated rings. The topological polar surface area (TPSA) is 56.0 Å². The van der Waals surface area contributed by atoms with Crippen LogP contribution >= 0.6 is 0 Å². The zero-order valence-corrected chi connectivity index (χ0v) is 7.22. The van der Waals surface area contributed by atoms with E-state index in [9.17, 15) is 0 Å². The van der Waals surface area contributed by atoms with E-state index in [-0.39, 0.29) is 12.1 Å². The lowest BCUT2D eigenvalue weighted by atomic mass is 10.0. The first-order chi connectivity index (χ1) is 5.12. The van der Waals surface area contributed by atoms with Crippen LogP contribution in [-0.2, 0) is 0 Å². The summed E-state index contributed by atoms with van der Waals surface area (Å²) in [7, 11) is 0. The summed E-state index contributed by atoms with van der Waals surface area (Å²) in [4.78, 5) is 0. The number of hydrogen-bond acceptors (Lipinski definition) is 3. The molecule has 0 aromatic carbocycles. The molecule has 2 N–H and O–H groups in total. The largest absolute Gasteiger partial charge is 0.396 e. The molecule has 0 saturated carbocycles. The second-order valence-electron chi connectivity index (χ2n) is 3.22. The van der Waals surface area contributed by atoms with Crippen LogP contribution < -0.4 is 5.32 Å². The van der Waals surface area contributed by atoms with Crippen LogP contribution in [0.3, 0.4) is 0 Å². The Morgan fingerprint density at radius 1 is 1.55 bits per heavy atom. The average Bonchev–Trinajstić information content (AvgIpc) is 1.87. The van der Waals surface area contributed by atoms with Crippen molar-refractivity contribution in [2.75, 3.05) is 13.2 Å². The summed E-state index contributed by atoms with van der Waals surface area (Å²) in [6, 6.07) is 2.11. The highest BCUT2D eigenvalue weighted by atomic mass is 16.3. The van der Waals surface area contributed by atoms with E-state index >= 15 is 0 Å². The van der Waals surface area contributed by atoms with Crippen molar-refractivity contribution < 1.29 is 5.11 Å². The van der Waals surface area contributed by atoms with Gasteiger partial charge in [0.1, 0.15) is 0 Å². The van der Waals surface area contributed by atoms with E-state index in [4.69, 9.17) is 10.4 Å². The van der Waals surface area contributed by atoms with Crippen molar-refractivity contribution in [3.05, 3.63) is 0 Å². The van der Waals surface area contributed by atoms with E-state index in [1.54, 1.807) is 0 Å². The molecule has 0 saturated heterocycles. The highest BCUT2D eigenvalue weighted by Gasteiger charge is 2.14. The van der Waals surface area contributed by atoms with E-state index in [1.807, 2.05) is 13.8 Å². The standard InChI is InChI=1S/C8H16N2O/c1-8(2,4-5-9)10-6-3-7-11/h10-11H,3-4,6-7H2,1-2H3. The highest BCUT2D eigenvalue weighted by Crippen LogP contribution is 2.05. The third-order valence-electron chi connectivity index (χ3n) is 1.46. The van der Waals surface area contributed by atoms with Gasteiger partial charge in [-0.2, -0.15) is 5.26 Å². The molecule has 0 radical (unpaired) electrons. The molecule has 0 amide bonds. The molecule has 0 aliphatic carbocycles. The number of aliphatic hydroxyl groups excluding tert-OH is 1. The van der Waals surface area contributed by atoms with Crippen LogP contribution in [-0.4, -0.2) is 23.8 Å². The lowest BCUT2D eigenvalue weighted by molar-refractivity contribution is 0.275. The van der Waals surface area contributed by atoms with Gasteiger partial charge in [-0.05, 0) is 26.8 Å². The maximum absolute atomic E-state index is 8.49. The number of nitriles is 1. The molecule has 0 aliphatic rings. The molecule has 0 spiro atoms. The monoisotopic (exact) mass is 156 g/mol. The smallest absolute Gasteiger partial charge is 0.0640 e. The third-order valence-corrected chi connectivity index (χ3v) is 1.46. The van der Waals surface area contributed by atoms with Crippen LogP contribution in [0.15, 0.2) is 0 Å². The molecule has 0 aromatic heterocycles. The van der Waals surface area contributed by atoms with Gasteiger partial charge in [0.25, 0.3) is 0 Å². The van der Waals surface area contributed by atoms with Crippen LogP contribution in [0.25, 0.3) is 0 Å². The van der Waals surface area contributed by atoms with Gasteiger partial charge >= 0.3 is 0 Å². The molecule has 3 nitrogen and oxygen atoms in total. The Balaban J connectivity index is 3.48. The second kappa shape index (κ2) is 5.11. The summed E-state index contributed by atoms with van der Waals surface area (Å²) in [6.45, 7) is 4.93. The normalized spacial score (nSPS) is 11.1. The minimum atomic E-state index is -0.121. The molecule has 0 rings (SSSR count). The number of hydrogen-bond donors (Lipinski definition) is 2. The molecule has 0 heterocycles. The first-order valence-electron chi connectivity index (χ1n) is 3.85. The Hall–Kier alpha value is -0.590. The number of nitrogens with one attached hydrogen (secondary N) is 1. The summed E-state index contributed by atoms with van der Waals surface area (Å²) < 4.78 is 0. The Labute approximate surface area is 68.0 Å². The minimum absolute atomic E-state index is 0.121. The summed E-state index contributed by atoms with van der Waals surface area (Å²) in [5.74, 6) is 0. The van der Waals surface area contributed by atoms with E-state index < -0.39 is 0 Å². The van der Waals surface area contributed by atoms with Crippen molar-refractivity contribution in [1.29, 1.82) is 5.26 Å². The van der Waals surface area contributed by atoms with Gasteiger partial charge < -0.3 is 10.4 Å². The number of rotatable bonds is 5. The van der Waals surface area contributed by atoms with Crippen molar-refractivity contribution in [3.63, 3.8) is 0 Å². The van der Waals surface area contributed by atoms with Crippen LogP contribution in [0.5, 0.6) is 0 Å². The van der Waals surface area contributed by atoms with E-state index in [0.29, 0.717) is 6.42 Å². The fourth-order valence-corrected chi connectivity index (χ4v) is 0.766. The number of aliphatic hydroxyl groups is 1. The quantitative estimate of drug-likeness (QED) is 0.575. The average molecular weight is 156 g/mol. The zero-order valence-electron chi connectivity index (χ0n) is 7.22. The molecular weight excluding hydrogens is 140 g/mol. The molecule has 0 aromatic rings. The Kier molecular flexibility index (Phi) is 4.84. The molecule has 64 valence electrons. The van der Waals surface area contributed by atoms with Crippen LogP contribution in [0, 0.1) is 11.3 Å². The van der Waals surface area contributed by atoms with Crippen LogP contribution in [0.1, 0.15) is 26.7 Å². The van der Waals surface area contributed by atoms with Crippen LogP contribution in [0.2, 0.25) is 0 Å². The summed E-state index contributed by atoms with van der Waals surface area (Å²) in [6.07, 6.45) is 1.24. The Bertz CT molecular complexity index is 138. The molecular formula is C8H16N2O. The maximum Gasteiger partial charge on any atom is 0.0640 e. The first-order valence-corrected chi connectivity index (χ1v) is 3.85. The van der Waals surface area contributed by atoms with Gasteiger partial charge in [0.05, 0.1) is 12.5 Å². The SMILES string of the molecule is CC(C)(CC#N)NCCCO. The molecule has 0 bridgehead atoms. The molecule has 0 unspecified atom stereocenters. The van der Waals surface area contributed by atoms with Crippen molar-refractivity contribution in [3.8, 4) is 6.07 Å². The van der Waals surface area contributed by atoms with Gasteiger partial charge in [0, 0.05) is 12.1 Å². The van der Waals surface area contributed by atoms with Gasteiger partial charge in [0.2, 0.25) is 0 Å². The third kappa shape index (κ3) is 5.84. The second-order valence-corrected chi connectivity index (χ2v) is 3.22. The minimum Gasteiger partial charge on any atom is -0.396 e. The lowest BCUT2D eigenvalue weighted by Gasteiger charge is -2.22. The molecule has 0 atom stereocenters. The zero-order chi connectivity index (χ0) is 8.74. The Morgan fingerprint density at radius 2 is 2.18 bits per heavy atom. The van der Waals surface area contributed by atoms with Crippen molar-refractivity contribution in [2.45, 2.75) is 32.2 Å². The fourth-order valence-electron chi connectivity index (χ4n) is 0.766. The van der Waals surface area contributed by atoms with Gasteiger partial charge in [-0.3, -0.25) is 0 Å². The van der Waals surface area contributed by atoms with Crippen molar-refractivity contribution >= 4 is 0 Å². The van der Waals surface area contributed by atoms with Gasteiger partial charge in [-0.15, -0.1) is 0 Å². The summed E-state index contributed by atoms with van der Waals surface area (Å²) in [5.41, 5.74) is -0.121. The number of nitrogens with zero attached hydrogens (tertiary/aromatic N) is 1. The predicted molar refractivity (Wildman–Crippen MR) is 44.0 cm³/mol. The highest BCUT2D eigenvalue weighted by molar-refractivity contribution is 4.88. The van der Waals surface area contributed by atoms with Crippen molar-refractivity contribution in [1.82, 2.24) is 5.32 Å². The van der Waals surface area contributed by atoms with Gasteiger partial charge in [0.15, 0.2) is 0 Å². The van der Waals surface area contributed by atoms with Crippen molar-refractivity contribution in [2.24, 2.45) is 0 Å². The molecule has 0 aliphatic heterocycles. The first kappa shape index (κ1) is 10.4. The van der Waals surface area contributed by atoms with Gasteiger partial charge in [-0.25, -0.2) is 0 Å². The molecule has 11 heavy (non-hydrogen) atoms. The van der Waals surface area contributed by atoms with E-state index in [0.717, 1.165) is 13.0 Å². The summed E-state index contributed by atoms with van der Waals surface area (Å²) in [5, 5.41) is 20.1. The summed E-state index contributed by atoms with van der Waals surface area (Å²) >= 11 is 0. The van der Waals surface area contributed by atoms with E-state index in [1.165, 1.54) is 0 Å². The predicted octanol–water partition coefficient (Wildman–Crippen LogP) is 0.651. The lowest BCUT2D eigenvalue weighted by Crippen LogP contribution is -2.39. The fraction of sp³-hybridized carbons (Fsp3) is 0.875. The Morgan fingerprint density at radius 3 is 2.64 bits per heavy atom. The van der Waals surface area contributed by atoms with E-state index in [2.05, 4.69) is 11.4 Å².